The maximum Gasteiger partial charge on any atom is 0.253 e. The van der Waals surface area contributed by atoms with E-state index >= 15 is 0 Å². The molecule has 1 amide bonds. The first-order chi connectivity index (χ1) is 13.7. The van der Waals surface area contributed by atoms with Crippen molar-refractivity contribution in [3.05, 3.63) is 65.7 Å². The lowest BCUT2D eigenvalue weighted by Gasteiger charge is -2.22. The molecule has 2 aromatic carbocycles. The van der Waals surface area contributed by atoms with Gasteiger partial charge in [0.25, 0.3) is 5.91 Å². The molecule has 4 rings (SSSR count). The van der Waals surface area contributed by atoms with Crippen molar-refractivity contribution >= 4 is 39.5 Å². The summed E-state index contributed by atoms with van der Waals surface area (Å²) in [7, 11) is 1.65. The van der Waals surface area contributed by atoms with Crippen LogP contribution < -0.4 is 4.74 Å². The van der Waals surface area contributed by atoms with Crippen molar-refractivity contribution in [2.24, 2.45) is 10.1 Å². The van der Waals surface area contributed by atoms with Crippen LogP contribution in [0.5, 0.6) is 5.75 Å². The molecule has 0 bridgehead atoms. The lowest BCUT2D eigenvalue weighted by Crippen LogP contribution is -2.28. The monoisotopic (exact) mass is 411 g/mol. The third-order valence-corrected chi connectivity index (χ3v) is 6.89. The highest BCUT2D eigenvalue weighted by molar-refractivity contribution is 8.39. The number of thioether (sulfide) groups is 2. The number of methoxy groups -OCH3 is 1. The molecule has 144 valence electrons. The average molecular weight is 412 g/mol. The molecule has 1 atom stereocenters. The number of rotatable bonds is 5. The zero-order valence-electron chi connectivity index (χ0n) is 15.6. The van der Waals surface area contributed by atoms with Crippen LogP contribution in [0.15, 0.2) is 64.7 Å². The van der Waals surface area contributed by atoms with Gasteiger partial charge in [-0.25, -0.2) is 5.01 Å². The van der Waals surface area contributed by atoms with Crippen LogP contribution in [0.3, 0.4) is 0 Å². The molecule has 7 heteroatoms. The average Bonchev–Trinajstić information content (AvgIpc) is 3.43. The molecule has 0 N–H and O–H groups in total. The number of carbonyl (C=O) groups is 1. The van der Waals surface area contributed by atoms with Gasteiger partial charge in [0.2, 0.25) is 0 Å². The van der Waals surface area contributed by atoms with Crippen molar-refractivity contribution in [1.29, 1.82) is 0 Å². The quantitative estimate of drug-likeness (QED) is 0.740. The van der Waals surface area contributed by atoms with E-state index in [-0.39, 0.29) is 11.9 Å². The summed E-state index contributed by atoms with van der Waals surface area (Å²) in [6, 6.07) is 17.8. The Morgan fingerprint density at radius 1 is 1.21 bits per heavy atom. The number of nitrogens with zero attached hydrogens (tertiary/aromatic N) is 3. The molecular weight excluding hydrogens is 390 g/mol. The van der Waals surface area contributed by atoms with E-state index in [4.69, 9.17) is 9.84 Å². The molecule has 2 aliphatic heterocycles. The van der Waals surface area contributed by atoms with Crippen LogP contribution in [0.4, 0.5) is 0 Å². The van der Waals surface area contributed by atoms with Crippen LogP contribution in [0.2, 0.25) is 0 Å². The molecular formula is C21H21N3O2S2. The molecule has 0 fully saturated rings. The molecule has 2 heterocycles. The first kappa shape index (κ1) is 19.1. The van der Waals surface area contributed by atoms with Gasteiger partial charge in [-0.3, -0.25) is 9.79 Å². The summed E-state index contributed by atoms with van der Waals surface area (Å²) >= 11 is 3.23. The fraction of sp³-hybridized carbons (Fsp3) is 0.286. The number of hydrogen-bond donors (Lipinski definition) is 0. The minimum Gasteiger partial charge on any atom is -0.497 e. The van der Waals surface area contributed by atoms with Crippen molar-refractivity contribution in [3.63, 3.8) is 0 Å². The first-order valence-electron chi connectivity index (χ1n) is 9.13. The normalized spacial score (nSPS) is 18.8. The van der Waals surface area contributed by atoms with Gasteiger partial charge in [0.1, 0.15) is 10.1 Å². The van der Waals surface area contributed by atoms with Gasteiger partial charge in [0, 0.05) is 12.2 Å². The predicted molar refractivity (Wildman–Crippen MR) is 117 cm³/mol. The van der Waals surface area contributed by atoms with E-state index < -0.39 is 0 Å². The highest BCUT2D eigenvalue weighted by atomic mass is 32.2. The van der Waals surface area contributed by atoms with Crippen LogP contribution in [0.25, 0.3) is 0 Å². The number of aliphatic imine (C=N–C) groups is 1. The Morgan fingerprint density at radius 3 is 2.68 bits per heavy atom. The lowest BCUT2D eigenvalue weighted by atomic mass is 9.98. The van der Waals surface area contributed by atoms with Crippen LogP contribution in [-0.4, -0.2) is 46.2 Å². The summed E-state index contributed by atoms with van der Waals surface area (Å²) in [5.41, 5.74) is 3.05. The summed E-state index contributed by atoms with van der Waals surface area (Å²) in [6.45, 7) is 0.843. The largest absolute Gasteiger partial charge is 0.497 e. The minimum absolute atomic E-state index is 0.00643. The maximum atomic E-state index is 13.0. The highest BCUT2D eigenvalue weighted by Crippen LogP contribution is 2.34. The zero-order chi connectivity index (χ0) is 19.3. The van der Waals surface area contributed by atoms with E-state index in [0.717, 1.165) is 39.3 Å². The Hall–Kier alpha value is -2.25. The van der Waals surface area contributed by atoms with Crippen molar-refractivity contribution < 1.29 is 9.53 Å². The van der Waals surface area contributed by atoms with Gasteiger partial charge in [0.15, 0.2) is 0 Å². The highest BCUT2D eigenvalue weighted by Gasteiger charge is 2.33. The Morgan fingerprint density at radius 2 is 2.00 bits per heavy atom. The summed E-state index contributed by atoms with van der Waals surface area (Å²) in [6.07, 6.45) is 0.697. The summed E-state index contributed by atoms with van der Waals surface area (Å²) < 4.78 is 6.26. The van der Waals surface area contributed by atoms with Gasteiger partial charge in [-0.2, -0.15) is 5.10 Å². The molecule has 0 saturated heterocycles. The smallest absolute Gasteiger partial charge is 0.253 e. The Labute approximate surface area is 173 Å². The predicted octanol–water partition coefficient (Wildman–Crippen LogP) is 4.21. The molecule has 2 aromatic rings. The van der Waals surface area contributed by atoms with Crippen LogP contribution in [0, 0.1) is 0 Å². The molecule has 0 saturated carbocycles. The third-order valence-electron chi connectivity index (χ3n) is 4.65. The van der Waals surface area contributed by atoms with Crippen LogP contribution >= 0.6 is 23.5 Å². The van der Waals surface area contributed by atoms with Crippen molar-refractivity contribution in [1.82, 2.24) is 5.01 Å². The molecule has 0 radical (unpaired) electrons. The van der Waals surface area contributed by atoms with Crippen molar-refractivity contribution in [2.45, 2.75) is 12.5 Å². The first-order valence-corrected chi connectivity index (χ1v) is 11.1. The second-order valence-electron chi connectivity index (χ2n) is 6.43. The van der Waals surface area contributed by atoms with E-state index in [9.17, 15) is 4.79 Å². The van der Waals surface area contributed by atoms with Gasteiger partial charge in [-0.1, -0.05) is 66.0 Å². The molecule has 28 heavy (non-hydrogen) atoms. The third kappa shape index (κ3) is 4.25. The van der Waals surface area contributed by atoms with Gasteiger partial charge >= 0.3 is 0 Å². The second kappa shape index (κ2) is 8.84. The van der Waals surface area contributed by atoms with E-state index in [2.05, 4.69) is 4.99 Å². The summed E-state index contributed by atoms with van der Waals surface area (Å²) in [4.78, 5) is 17.4. The van der Waals surface area contributed by atoms with Crippen LogP contribution in [-0.2, 0) is 4.79 Å². The number of benzene rings is 2. The minimum atomic E-state index is -0.104. The molecule has 5 nitrogen and oxygen atoms in total. The van der Waals surface area contributed by atoms with Gasteiger partial charge < -0.3 is 4.74 Å². The zero-order valence-corrected chi connectivity index (χ0v) is 17.2. The Balaban J connectivity index is 1.56. The van der Waals surface area contributed by atoms with Crippen molar-refractivity contribution in [2.75, 3.05) is 25.2 Å². The van der Waals surface area contributed by atoms with Gasteiger partial charge in [0.05, 0.1) is 31.2 Å². The van der Waals surface area contributed by atoms with E-state index in [1.54, 1.807) is 23.9 Å². The standard InChI is InChI=1S/C21H21N3O2S2/c1-26-17-9-7-16(8-10-17)19-13-18(15-5-3-2-4-6-15)23-24(19)20(25)14-28-21-22-11-12-27-21/h2-10,19H,11-14H2,1H3/t19-/m0/s1. The lowest BCUT2D eigenvalue weighted by molar-refractivity contribution is -0.130. The number of hydrogen-bond acceptors (Lipinski definition) is 6. The molecule has 0 aliphatic carbocycles. The fourth-order valence-corrected chi connectivity index (χ4v) is 5.09. The van der Waals surface area contributed by atoms with E-state index in [1.165, 1.54) is 11.8 Å². The molecule has 0 spiro atoms. The van der Waals surface area contributed by atoms with Gasteiger partial charge in [-0.05, 0) is 23.3 Å². The number of ether oxygens (including phenoxy) is 1. The number of carbonyl (C=O) groups excluding carboxylic acids is 1. The number of hydrazone groups is 1. The summed E-state index contributed by atoms with van der Waals surface area (Å²) in [5, 5.41) is 6.36. The summed E-state index contributed by atoms with van der Waals surface area (Å²) in [5.74, 6) is 2.16. The topological polar surface area (TPSA) is 54.3 Å². The van der Waals surface area contributed by atoms with E-state index in [0.29, 0.717) is 12.2 Å². The number of amides is 1. The maximum absolute atomic E-state index is 13.0. The fourth-order valence-electron chi connectivity index (χ4n) is 3.22. The van der Waals surface area contributed by atoms with E-state index in [1.807, 2.05) is 54.6 Å². The molecule has 0 unspecified atom stereocenters. The Kier molecular flexibility index (Phi) is 6.02. The molecule has 2 aliphatic rings. The van der Waals surface area contributed by atoms with Gasteiger partial charge in [-0.15, -0.1) is 0 Å². The van der Waals surface area contributed by atoms with Crippen molar-refractivity contribution in [3.8, 4) is 5.75 Å². The Bertz CT molecular complexity index is 898. The van der Waals surface area contributed by atoms with Crippen LogP contribution in [0.1, 0.15) is 23.6 Å². The molecule has 0 aromatic heterocycles. The SMILES string of the molecule is COc1ccc([C@@H]2CC(c3ccccc3)=NN2C(=O)CSC2=NCCS2)cc1. The second-order valence-corrected chi connectivity index (χ2v) is 8.73.